The lowest BCUT2D eigenvalue weighted by Crippen LogP contribution is -2.26. The average Bonchev–Trinajstić information content (AvgIpc) is 2.68. The van der Waals surface area contributed by atoms with Gasteiger partial charge in [0.1, 0.15) is 28.5 Å². The van der Waals surface area contributed by atoms with Gasteiger partial charge in [0, 0.05) is 11.6 Å². The summed E-state index contributed by atoms with van der Waals surface area (Å²) in [6.07, 6.45) is 0. The number of ether oxygens (including phenoxy) is 1. The molecule has 5 nitrogen and oxygen atoms in total. The molecule has 0 spiro atoms. The number of benzene rings is 2. The summed E-state index contributed by atoms with van der Waals surface area (Å²) >= 11 is 3.21. The number of rotatable bonds is 6. The van der Waals surface area contributed by atoms with Crippen LogP contribution in [0.4, 0.5) is 8.78 Å². The normalized spacial score (nSPS) is 11.6. The largest absolute Gasteiger partial charge is 0.472 e. The van der Waals surface area contributed by atoms with Gasteiger partial charge in [0.2, 0.25) is 5.88 Å². The van der Waals surface area contributed by atoms with Gasteiger partial charge in [-0.3, -0.25) is 9.36 Å². The molecule has 0 unspecified atom stereocenters. The highest BCUT2D eigenvalue weighted by molar-refractivity contribution is 9.10. The Morgan fingerprint density at radius 1 is 1.17 bits per heavy atom. The van der Waals surface area contributed by atoms with E-state index in [0.29, 0.717) is 5.82 Å². The number of aryl methyl sites for hydroxylation is 1. The second-order valence-corrected chi connectivity index (χ2v) is 8.24. The van der Waals surface area contributed by atoms with Crippen LogP contribution in [0.15, 0.2) is 51.7 Å². The summed E-state index contributed by atoms with van der Waals surface area (Å²) in [6, 6.07) is 10.5. The highest BCUT2D eigenvalue weighted by Crippen LogP contribution is 2.22. The molecular formula is C22H21BrF2N2O3. The molecule has 0 aliphatic rings. The fourth-order valence-electron chi connectivity index (χ4n) is 2.88. The average molecular weight is 479 g/mol. The molecule has 8 heteroatoms. The summed E-state index contributed by atoms with van der Waals surface area (Å²) in [6.45, 7) is 5.17. The molecule has 0 fully saturated rings. The SMILES string of the molecule is Cc1nc(OCc2ccc(F)cc2F)c(Br)c(=O)n1Cc1ccc(C(C)(C)O)cc1. The summed E-state index contributed by atoms with van der Waals surface area (Å²) < 4.78 is 33.9. The van der Waals surface area contributed by atoms with E-state index in [9.17, 15) is 18.7 Å². The predicted molar refractivity (Wildman–Crippen MR) is 112 cm³/mol. The molecule has 0 bridgehead atoms. The Hall–Kier alpha value is -2.58. The molecule has 0 amide bonds. The Morgan fingerprint density at radius 3 is 2.43 bits per heavy atom. The summed E-state index contributed by atoms with van der Waals surface area (Å²) in [5.74, 6) is -0.950. The molecule has 1 heterocycles. The van der Waals surface area contributed by atoms with Gasteiger partial charge < -0.3 is 9.84 Å². The van der Waals surface area contributed by atoms with Gasteiger partial charge in [-0.1, -0.05) is 24.3 Å². The van der Waals surface area contributed by atoms with E-state index in [1.165, 1.54) is 10.6 Å². The monoisotopic (exact) mass is 478 g/mol. The minimum Gasteiger partial charge on any atom is -0.472 e. The Kier molecular flexibility index (Phi) is 6.38. The Morgan fingerprint density at radius 2 is 1.83 bits per heavy atom. The van der Waals surface area contributed by atoms with Crippen LogP contribution in [0.25, 0.3) is 0 Å². The van der Waals surface area contributed by atoms with Gasteiger partial charge in [-0.25, -0.2) is 8.78 Å². The maximum atomic E-state index is 13.8. The van der Waals surface area contributed by atoms with E-state index in [2.05, 4.69) is 20.9 Å². The van der Waals surface area contributed by atoms with Gasteiger partial charge in [-0.15, -0.1) is 0 Å². The fourth-order valence-corrected chi connectivity index (χ4v) is 3.30. The zero-order valence-corrected chi connectivity index (χ0v) is 18.3. The van der Waals surface area contributed by atoms with Crippen molar-refractivity contribution >= 4 is 15.9 Å². The molecule has 3 aromatic rings. The van der Waals surface area contributed by atoms with Crippen LogP contribution in [0.5, 0.6) is 5.88 Å². The molecule has 0 aliphatic carbocycles. The van der Waals surface area contributed by atoms with Gasteiger partial charge in [-0.2, -0.15) is 4.98 Å². The number of hydrogen-bond donors (Lipinski definition) is 1. The first-order valence-corrected chi connectivity index (χ1v) is 10.0. The van der Waals surface area contributed by atoms with Crippen molar-refractivity contribution in [1.29, 1.82) is 0 Å². The summed E-state index contributed by atoms with van der Waals surface area (Å²) in [4.78, 5) is 17.1. The summed E-state index contributed by atoms with van der Waals surface area (Å²) in [5, 5.41) is 10.1. The molecule has 158 valence electrons. The van der Waals surface area contributed by atoms with Crippen molar-refractivity contribution in [1.82, 2.24) is 9.55 Å². The Labute approximate surface area is 181 Å². The summed E-state index contributed by atoms with van der Waals surface area (Å²) in [7, 11) is 0. The molecule has 0 saturated heterocycles. The Balaban J connectivity index is 1.81. The molecule has 0 atom stereocenters. The lowest BCUT2D eigenvalue weighted by molar-refractivity contribution is 0.0786. The van der Waals surface area contributed by atoms with E-state index >= 15 is 0 Å². The highest BCUT2D eigenvalue weighted by atomic mass is 79.9. The second kappa shape index (κ2) is 8.65. The van der Waals surface area contributed by atoms with Crippen LogP contribution in [0.3, 0.4) is 0 Å². The Bertz CT molecular complexity index is 1120. The van der Waals surface area contributed by atoms with Gasteiger partial charge in [-0.05, 0) is 60.0 Å². The maximum Gasteiger partial charge on any atom is 0.272 e. The van der Waals surface area contributed by atoms with Crippen LogP contribution in [-0.2, 0) is 18.8 Å². The van der Waals surface area contributed by atoms with E-state index < -0.39 is 17.2 Å². The topological polar surface area (TPSA) is 64.3 Å². The highest BCUT2D eigenvalue weighted by Gasteiger charge is 2.17. The quantitative estimate of drug-likeness (QED) is 0.568. The lowest BCUT2D eigenvalue weighted by atomic mass is 9.97. The van der Waals surface area contributed by atoms with E-state index in [1.54, 1.807) is 20.8 Å². The summed E-state index contributed by atoms with van der Waals surface area (Å²) in [5.41, 5.74) is 0.497. The van der Waals surface area contributed by atoms with Crippen molar-refractivity contribution in [2.24, 2.45) is 0 Å². The van der Waals surface area contributed by atoms with Crippen LogP contribution in [0, 0.1) is 18.6 Å². The smallest absolute Gasteiger partial charge is 0.272 e. The van der Waals surface area contributed by atoms with E-state index in [0.717, 1.165) is 23.3 Å². The van der Waals surface area contributed by atoms with Crippen LogP contribution in [-0.4, -0.2) is 14.7 Å². The van der Waals surface area contributed by atoms with Crippen molar-refractivity contribution in [3.05, 3.63) is 91.4 Å². The van der Waals surface area contributed by atoms with Crippen molar-refractivity contribution in [3.8, 4) is 5.88 Å². The zero-order chi connectivity index (χ0) is 22.1. The molecule has 30 heavy (non-hydrogen) atoms. The molecule has 0 saturated carbocycles. The van der Waals surface area contributed by atoms with Gasteiger partial charge in [0.05, 0.1) is 12.1 Å². The third-order valence-corrected chi connectivity index (χ3v) is 5.33. The van der Waals surface area contributed by atoms with Crippen LogP contribution < -0.4 is 10.3 Å². The van der Waals surface area contributed by atoms with Gasteiger partial charge in [0.25, 0.3) is 5.56 Å². The maximum absolute atomic E-state index is 13.8. The van der Waals surface area contributed by atoms with E-state index in [1.807, 2.05) is 24.3 Å². The lowest BCUT2D eigenvalue weighted by Gasteiger charge is -2.18. The third kappa shape index (κ3) is 4.94. The first-order valence-electron chi connectivity index (χ1n) is 9.21. The van der Waals surface area contributed by atoms with Crippen molar-refractivity contribution < 1.29 is 18.6 Å². The first kappa shape index (κ1) is 22.1. The van der Waals surface area contributed by atoms with Crippen LogP contribution >= 0.6 is 15.9 Å². The van der Waals surface area contributed by atoms with Crippen molar-refractivity contribution in [2.45, 2.75) is 39.5 Å². The van der Waals surface area contributed by atoms with Crippen molar-refractivity contribution in [2.75, 3.05) is 0 Å². The fraction of sp³-hybridized carbons (Fsp3) is 0.273. The minimum absolute atomic E-state index is 0.0369. The number of aliphatic hydroxyl groups is 1. The number of hydrogen-bond acceptors (Lipinski definition) is 4. The van der Waals surface area contributed by atoms with Gasteiger partial charge in [0.15, 0.2) is 0 Å². The minimum atomic E-state index is -0.946. The zero-order valence-electron chi connectivity index (χ0n) is 16.7. The van der Waals surface area contributed by atoms with Crippen LogP contribution in [0.2, 0.25) is 0 Å². The molecule has 3 rings (SSSR count). The molecular weight excluding hydrogens is 458 g/mol. The molecule has 1 aromatic heterocycles. The van der Waals surface area contributed by atoms with E-state index in [4.69, 9.17) is 4.74 Å². The van der Waals surface area contributed by atoms with E-state index in [-0.39, 0.29) is 34.6 Å². The molecule has 0 radical (unpaired) electrons. The molecule has 0 aliphatic heterocycles. The number of aromatic nitrogens is 2. The third-order valence-electron chi connectivity index (χ3n) is 4.66. The number of nitrogens with zero attached hydrogens (tertiary/aromatic N) is 2. The second-order valence-electron chi connectivity index (χ2n) is 7.45. The molecule has 1 N–H and O–H groups in total. The first-order chi connectivity index (χ1) is 14.1. The number of halogens is 3. The van der Waals surface area contributed by atoms with Crippen LogP contribution in [0.1, 0.15) is 36.4 Å². The van der Waals surface area contributed by atoms with Crippen molar-refractivity contribution in [3.63, 3.8) is 0 Å². The molecule has 2 aromatic carbocycles. The van der Waals surface area contributed by atoms with Gasteiger partial charge >= 0.3 is 0 Å². The standard InChI is InChI=1S/C22H21BrF2N2O3/c1-13-26-20(30-12-15-6-9-17(24)10-18(15)25)19(23)21(28)27(13)11-14-4-7-16(8-5-14)22(2,3)29/h4-10,29H,11-12H2,1-3H3. The predicted octanol–water partition coefficient (Wildman–Crippen LogP) is 4.45.